The third-order valence-corrected chi connectivity index (χ3v) is 4.02. The van der Waals surface area contributed by atoms with Gasteiger partial charge >= 0.3 is 12.0 Å². The summed E-state index contributed by atoms with van der Waals surface area (Å²) in [4.78, 5) is 26.0. The second-order valence-electron chi connectivity index (χ2n) is 4.51. The SMILES string of the molecule is CCN(Cc1cccs1)C(=O)NC(C)(CC)C(=O)O. The molecule has 5 nitrogen and oxygen atoms in total. The van der Waals surface area contributed by atoms with Crippen molar-refractivity contribution >= 4 is 23.3 Å². The van der Waals surface area contributed by atoms with Crippen LogP contribution >= 0.6 is 11.3 Å². The highest BCUT2D eigenvalue weighted by molar-refractivity contribution is 7.09. The Morgan fingerprint density at radius 1 is 1.47 bits per heavy atom. The van der Waals surface area contributed by atoms with E-state index in [1.165, 1.54) is 6.92 Å². The molecule has 0 radical (unpaired) electrons. The third-order valence-electron chi connectivity index (χ3n) is 3.16. The van der Waals surface area contributed by atoms with Crippen molar-refractivity contribution in [2.75, 3.05) is 6.54 Å². The fourth-order valence-corrected chi connectivity index (χ4v) is 2.25. The number of amides is 2. The minimum atomic E-state index is -1.22. The maximum absolute atomic E-state index is 12.1. The zero-order chi connectivity index (χ0) is 14.5. The lowest BCUT2D eigenvalue weighted by Gasteiger charge is -2.29. The van der Waals surface area contributed by atoms with E-state index in [1.54, 1.807) is 23.2 Å². The van der Waals surface area contributed by atoms with E-state index in [2.05, 4.69) is 5.32 Å². The van der Waals surface area contributed by atoms with Gasteiger partial charge in [0, 0.05) is 11.4 Å². The minimum Gasteiger partial charge on any atom is -0.480 e. The van der Waals surface area contributed by atoms with Crippen LogP contribution in [0.15, 0.2) is 17.5 Å². The fourth-order valence-electron chi connectivity index (χ4n) is 1.53. The van der Waals surface area contributed by atoms with Crippen molar-refractivity contribution in [3.05, 3.63) is 22.4 Å². The number of aliphatic carboxylic acids is 1. The van der Waals surface area contributed by atoms with Gasteiger partial charge in [0.1, 0.15) is 5.54 Å². The molecule has 0 bridgehead atoms. The van der Waals surface area contributed by atoms with Crippen molar-refractivity contribution in [2.45, 2.75) is 39.3 Å². The van der Waals surface area contributed by atoms with E-state index in [1.807, 2.05) is 24.4 Å². The highest BCUT2D eigenvalue weighted by Crippen LogP contribution is 2.14. The van der Waals surface area contributed by atoms with E-state index in [9.17, 15) is 9.59 Å². The van der Waals surface area contributed by atoms with Crippen LogP contribution in [0.2, 0.25) is 0 Å². The second-order valence-corrected chi connectivity index (χ2v) is 5.55. The highest BCUT2D eigenvalue weighted by Gasteiger charge is 2.34. The van der Waals surface area contributed by atoms with Crippen LogP contribution in [0.25, 0.3) is 0 Å². The molecular weight excluding hydrogens is 264 g/mol. The number of hydrogen-bond donors (Lipinski definition) is 2. The number of carbonyl (C=O) groups is 2. The topological polar surface area (TPSA) is 69.6 Å². The van der Waals surface area contributed by atoms with Crippen LogP contribution in [0, 0.1) is 0 Å². The molecule has 1 rings (SSSR count). The molecule has 0 aliphatic carbocycles. The van der Waals surface area contributed by atoms with Crippen molar-refractivity contribution in [1.82, 2.24) is 10.2 Å². The van der Waals surface area contributed by atoms with E-state index in [0.29, 0.717) is 19.5 Å². The molecule has 0 aromatic carbocycles. The van der Waals surface area contributed by atoms with Gasteiger partial charge in [0.05, 0.1) is 6.54 Å². The Balaban J connectivity index is 2.71. The normalized spacial score (nSPS) is 13.6. The standard InChI is InChI=1S/C13H20N2O3S/c1-4-13(3,11(16)17)14-12(18)15(5-2)9-10-7-6-8-19-10/h6-8H,4-5,9H2,1-3H3,(H,14,18)(H,16,17). The van der Waals surface area contributed by atoms with Gasteiger partial charge in [0.25, 0.3) is 0 Å². The van der Waals surface area contributed by atoms with E-state index < -0.39 is 11.5 Å². The lowest BCUT2D eigenvalue weighted by Crippen LogP contribution is -2.55. The Morgan fingerprint density at radius 2 is 2.16 bits per heavy atom. The number of carboxylic acids is 1. The Kier molecular flexibility index (Phi) is 5.35. The molecule has 0 saturated heterocycles. The van der Waals surface area contributed by atoms with Gasteiger partial charge in [-0.2, -0.15) is 0 Å². The summed E-state index contributed by atoms with van der Waals surface area (Å²) < 4.78 is 0. The second kappa shape index (κ2) is 6.56. The van der Waals surface area contributed by atoms with E-state index in [0.717, 1.165) is 4.88 Å². The molecule has 0 aliphatic rings. The van der Waals surface area contributed by atoms with Gasteiger partial charge in [-0.15, -0.1) is 11.3 Å². The highest BCUT2D eigenvalue weighted by atomic mass is 32.1. The number of nitrogens with zero attached hydrogens (tertiary/aromatic N) is 1. The van der Waals surface area contributed by atoms with Crippen LogP contribution in [0.4, 0.5) is 4.79 Å². The fraction of sp³-hybridized carbons (Fsp3) is 0.538. The van der Waals surface area contributed by atoms with Crippen LogP contribution in [0.3, 0.4) is 0 Å². The summed E-state index contributed by atoms with van der Waals surface area (Å²) in [6, 6.07) is 3.54. The average molecular weight is 284 g/mol. The first-order valence-corrected chi connectivity index (χ1v) is 7.13. The molecular formula is C13H20N2O3S. The average Bonchev–Trinajstić information content (AvgIpc) is 2.88. The van der Waals surface area contributed by atoms with E-state index >= 15 is 0 Å². The largest absolute Gasteiger partial charge is 0.480 e. The number of urea groups is 1. The summed E-state index contributed by atoms with van der Waals surface area (Å²) >= 11 is 1.58. The molecule has 1 atom stereocenters. The smallest absolute Gasteiger partial charge is 0.329 e. The van der Waals surface area contributed by atoms with Crippen molar-refractivity contribution in [1.29, 1.82) is 0 Å². The van der Waals surface area contributed by atoms with Crippen LogP contribution in [0.1, 0.15) is 32.1 Å². The Labute approximate surface area is 117 Å². The monoisotopic (exact) mass is 284 g/mol. The predicted octanol–water partition coefficient (Wildman–Crippen LogP) is 2.53. The molecule has 106 valence electrons. The van der Waals surface area contributed by atoms with Gasteiger partial charge in [-0.3, -0.25) is 0 Å². The Bertz CT molecular complexity index is 433. The quantitative estimate of drug-likeness (QED) is 0.843. The van der Waals surface area contributed by atoms with Crippen molar-refractivity contribution in [2.24, 2.45) is 0 Å². The molecule has 1 heterocycles. The first-order chi connectivity index (χ1) is 8.92. The molecule has 6 heteroatoms. The number of carboxylic acid groups (broad SMARTS) is 1. The number of thiophene rings is 1. The molecule has 0 saturated carbocycles. The summed E-state index contributed by atoms with van der Waals surface area (Å²) in [5.74, 6) is -1.02. The summed E-state index contributed by atoms with van der Waals surface area (Å²) in [5, 5.41) is 13.7. The molecule has 2 N–H and O–H groups in total. The molecule has 0 spiro atoms. The van der Waals surface area contributed by atoms with Gasteiger partial charge in [0.15, 0.2) is 0 Å². The van der Waals surface area contributed by atoms with E-state index in [4.69, 9.17) is 5.11 Å². The molecule has 1 aromatic heterocycles. The van der Waals surface area contributed by atoms with Crippen LogP contribution < -0.4 is 5.32 Å². The first kappa shape index (κ1) is 15.5. The Hall–Kier alpha value is -1.56. The van der Waals surface area contributed by atoms with Crippen molar-refractivity contribution in [3.63, 3.8) is 0 Å². The number of nitrogens with one attached hydrogen (secondary N) is 1. The van der Waals surface area contributed by atoms with Crippen LogP contribution in [0.5, 0.6) is 0 Å². The zero-order valence-corrected chi connectivity index (χ0v) is 12.3. The van der Waals surface area contributed by atoms with Gasteiger partial charge in [0.2, 0.25) is 0 Å². The molecule has 19 heavy (non-hydrogen) atoms. The minimum absolute atomic E-state index is 0.338. The summed E-state index contributed by atoms with van der Waals surface area (Å²) in [7, 11) is 0. The first-order valence-electron chi connectivity index (χ1n) is 6.25. The zero-order valence-electron chi connectivity index (χ0n) is 11.5. The molecule has 0 fully saturated rings. The van der Waals surface area contributed by atoms with E-state index in [-0.39, 0.29) is 6.03 Å². The number of hydrogen-bond acceptors (Lipinski definition) is 3. The summed E-state index contributed by atoms with van der Waals surface area (Å²) in [6.07, 6.45) is 0.338. The lowest BCUT2D eigenvalue weighted by atomic mass is 10.00. The third kappa shape index (κ3) is 3.96. The molecule has 1 aromatic rings. The molecule has 2 amide bonds. The number of carbonyl (C=O) groups excluding carboxylic acids is 1. The van der Waals surface area contributed by atoms with Gasteiger partial charge in [-0.1, -0.05) is 13.0 Å². The lowest BCUT2D eigenvalue weighted by molar-refractivity contribution is -0.143. The summed E-state index contributed by atoms with van der Waals surface area (Å²) in [5.41, 5.74) is -1.22. The molecule has 1 unspecified atom stereocenters. The van der Waals surface area contributed by atoms with Gasteiger partial charge < -0.3 is 15.3 Å². The van der Waals surface area contributed by atoms with Gasteiger partial charge in [-0.25, -0.2) is 9.59 Å². The van der Waals surface area contributed by atoms with Crippen molar-refractivity contribution in [3.8, 4) is 0 Å². The van der Waals surface area contributed by atoms with Crippen LogP contribution in [-0.2, 0) is 11.3 Å². The van der Waals surface area contributed by atoms with Gasteiger partial charge in [-0.05, 0) is 31.7 Å². The summed E-state index contributed by atoms with van der Waals surface area (Å²) in [6.45, 7) is 6.16. The Morgan fingerprint density at radius 3 is 2.58 bits per heavy atom. The maximum atomic E-state index is 12.1. The van der Waals surface area contributed by atoms with Crippen molar-refractivity contribution < 1.29 is 14.7 Å². The maximum Gasteiger partial charge on any atom is 0.329 e. The molecule has 0 aliphatic heterocycles. The number of rotatable bonds is 6. The predicted molar refractivity (Wildman–Crippen MR) is 75.3 cm³/mol. The van der Waals surface area contributed by atoms with Crippen LogP contribution in [-0.4, -0.2) is 34.1 Å².